The highest BCUT2D eigenvalue weighted by Crippen LogP contribution is 2.31. The average Bonchev–Trinajstić information content (AvgIpc) is 2.72. The monoisotopic (exact) mass is 376 g/mol. The molecule has 1 aliphatic carbocycles. The number of methoxy groups -OCH3 is 1. The number of benzene rings is 3. The van der Waals surface area contributed by atoms with Crippen molar-refractivity contribution >= 4 is 33.2 Å². The number of fused-ring (bicyclic) bond motifs is 2. The van der Waals surface area contributed by atoms with Crippen molar-refractivity contribution in [3.8, 4) is 10.4 Å². The first kappa shape index (κ1) is 18.5. The molecule has 0 N–H and O–H groups in total. The van der Waals surface area contributed by atoms with Gasteiger partial charge in [-0.15, -0.1) is 11.3 Å². The first-order chi connectivity index (χ1) is 13.1. The molecule has 1 heterocycles. The fourth-order valence-corrected chi connectivity index (χ4v) is 3.55. The van der Waals surface area contributed by atoms with Crippen molar-refractivity contribution in [1.29, 1.82) is 0 Å². The number of ketones is 1. The van der Waals surface area contributed by atoms with Crippen molar-refractivity contribution in [2.75, 3.05) is 7.11 Å². The van der Waals surface area contributed by atoms with E-state index in [4.69, 9.17) is 0 Å². The number of hydrogen-bond donors (Lipinski definition) is 0. The lowest BCUT2D eigenvalue weighted by Crippen LogP contribution is -2.15. The maximum Gasteiger partial charge on any atom is 0.379 e. The predicted octanol–water partition coefficient (Wildman–Crippen LogP) is 4.41. The molecule has 5 heteroatoms. The van der Waals surface area contributed by atoms with Gasteiger partial charge in [-0.1, -0.05) is 48.5 Å². The molecular weight excluding hydrogens is 360 g/mol. The summed E-state index contributed by atoms with van der Waals surface area (Å²) >= 11 is 1.67. The van der Waals surface area contributed by atoms with Gasteiger partial charge in [-0.2, -0.15) is 0 Å². The van der Waals surface area contributed by atoms with E-state index in [1.807, 2.05) is 18.2 Å². The van der Waals surface area contributed by atoms with Crippen LogP contribution < -0.4 is 5.43 Å². The lowest BCUT2D eigenvalue weighted by Gasteiger charge is -2.05. The Kier molecular flexibility index (Phi) is 5.74. The van der Waals surface area contributed by atoms with Crippen molar-refractivity contribution in [3.63, 3.8) is 0 Å². The molecule has 2 aromatic carbocycles. The molecule has 4 rings (SSSR count). The summed E-state index contributed by atoms with van der Waals surface area (Å²) in [5.41, 5.74) is 1.57. The first-order valence-electron chi connectivity index (χ1n) is 8.19. The van der Waals surface area contributed by atoms with Gasteiger partial charge in [0, 0.05) is 21.2 Å². The lowest BCUT2D eigenvalue weighted by atomic mass is 10.1. The number of esters is 1. The Morgan fingerprint density at radius 2 is 1.56 bits per heavy atom. The van der Waals surface area contributed by atoms with Crippen LogP contribution in [0.15, 0.2) is 83.7 Å². The number of Topliss-reactive ketones (excluding diaryl/α,β-unsaturated/α-hetero) is 1. The molecule has 0 saturated carbocycles. The van der Waals surface area contributed by atoms with E-state index < -0.39 is 11.8 Å². The van der Waals surface area contributed by atoms with Gasteiger partial charge in [0.2, 0.25) is 0 Å². The Labute approximate surface area is 160 Å². The van der Waals surface area contributed by atoms with E-state index in [-0.39, 0.29) is 5.43 Å². The second-order valence-corrected chi connectivity index (χ2v) is 6.75. The van der Waals surface area contributed by atoms with Crippen LogP contribution in [0.25, 0.3) is 20.5 Å². The minimum atomic E-state index is -0.832. The van der Waals surface area contributed by atoms with Crippen molar-refractivity contribution in [1.82, 2.24) is 0 Å². The lowest BCUT2D eigenvalue weighted by molar-refractivity contribution is -0.135. The summed E-state index contributed by atoms with van der Waals surface area (Å²) in [6.45, 7) is 0. The van der Waals surface area contributed by atoms with E-state index >= 15 is 0 Å². The van der Waals surface area contributed by atoms with Crippen LogP contribution in [0.4, 0.5) is 0 Å². The molecule has 0 fully saturated rings. The fraction of sp³-hybridized carbons (Fsp3) is 0.0455. The normalized spacial score (nSPS) is 10.1. The molecule has 0 radical (unpaired) electrons. The summed E-state index contributed by atoms with van der Waals surface area (Å²) in [6.07, 6.45) is 0. The maximum absolute atomic E-state index is 11.2. The van der Waals surface area contributed by atoms with Gasteiger partial charge < -0.3 is 4.74 Å². The summed E-state index contributed by atoms with van der Waals surface area (Å²) in [5.74, 6) is -1.45. The predicted molar refractivity (Wildman–Crippen MR) is 108 cm³/mol. The summed E-state index contributed by atoms with van der Waals surface area (Å²) in [7, 11) is 1.18. The van der Waals surface area contributed by atoms with Crippen molar-refractivity contribution in [2.24, 2.45) is 0 Å². The molecule has 134 valence electrons. The highest BCUT2D eigenvalue weighted by atomic mass is 32.1. The molecule has 1 aliphatic heterocycles. The van der Waals surface area contributed by atoms with Crippen LogP contribution in [0.2, 0.25) is 0 Å². The van der Waals surface area contributed by atoms with Gasteiger partial charge in [0.1, 0.15) is 0 Å². The molecular formula is C22H16O4S. The first-order valence-corrected chi connectivity index (χ1v) is 9.00. The summed E-state index contributed by atoms with van der Waals surface area (Å²) in [5, 5.41) is 1.23. The number of carbonyl (C=O) groups excluding carboxylic acids is 2. The standard InChI is InChI=1S/C13H8OS.C9H8O3/c14-11-6-5-10-7-9-3-1-2-4-12(9)15-13(10)8-11;1-12-9(11)8(10)7-5-3-2-4-6-7/h1-8H;2-6H,1H3. The second-order valence-electron chi connectivity index (χ2n) is 5.67. The number of ether oxygens (including phenoxy) is 1. The molecule has 2 aliphatic rings. The van der Waals surface area contributed by atoms with Crippen LogP contribution in [0.1, 0.15) is 10.4 Å². The van der Waals surface area contributed by atoms with Gasteiger partial charge in [-0.25, -0.2) is 4.79 Å². The molecule has 0 saturated heterocycles. The van der Waals surface area contributed by atoms with Crippen LogP contribution in [0.3, 0.4) is 0 Å². The van der Waals surface area contributed by atoms with Crippen LogP contribution in [-0.4, -0.2) is 18.9 Å². The van der Waals surface area contributed by atoms with Crippen LogP contribution >= 0.6 is 11.3 Å². The minimum Gasteiger partial charge on any atom is -0.463 e. The Morgan fingerprint density at radius 1 is 0.852 bits per heavy atom. The zero-order chi connectivity index (χ0) is 19.2. The Bertz CT molecular complexity index is 1120. The Morgan fingerprint density at radius 3 is 2.30 bits per heavy atom. The van der Waals surface area contributed by atoms with E-state index in [0.717, 1.165) is 10.4 Å². The van der Waals surface area contributed by atoms with Gasteiger partial charge >= 0.3 is 5.97 Å². The van der Waals surface area contributed by atoms with E-state index in [0.29, 0.717) is 5.56 Å². The minimum absolute atomic E-state index is 0.0778. The molecule has 0 atom stereocenters. The fourth-order valence-electron chi connectivity index (χ4n) is 2.50. The Hall–Kier alpha value is -3.31. The summed E-state index contributed by atoms with van der Waals surface area (Å²) < 4.78 is 5.50. The smallest absolute Gasteiger partial charge is 0.379 e. The van der Waals surface area contributed by atoms with Gasteiger partial charge in [-0.3, -0.25) is 9.59 Å². The Balaban J connectivity index is 0.000000161. The van der Waals surface area contributed by atoms with Gasteiger partial charge in [-0.05, 0) is 35.2 Å². The molecule has 0 aromatic heterocycles. The van der Waals surface area contributed by atoms with E-state index in [2.05, 4.69) is 22.9 Å². The maximum atomic E-state index is 11.2. The molecule has 0 unspecified atom stereocenters. The largest absolute Gasteiger partial charge is 0.463 e. The number of hydrogen-bond acceptors (Lipinski definition) is 5. The number of carbonyl (C=O) groups is 2. The molecule has 0 bridgehead atoms. The van der Waals surface area contributed by atoms with E-state index in [1.165, 1.54) is 17.2 Å². The molecule has 4 nitrogen and oxygen atoms in total. The quantitative estimate of drug-likeness (QED) is 0.225. The molecule has 0 spiro atoms. The molecule has 27 heavy (non-hydrogen) atoms. The van der Waals surface area contributed by atoms with Crippen LogP contribution in [0, 0.1) is 0 Å². The summed E-state index contributed by atoms with van der Waals surface area (Å²) in [4.78, 5) is 34.1. The third-order valence-electron chi connectivity index (χ3n) is 3.84. The van der Waals surface area contributed by atoms with Crippen LogP contribution in [-0.2, 0) is 9.53 Å². The van der Waals surface area contributed by atoms with E-state index in [9.17, 15) is 14.4 Å². The van der Waals surface area contributed by atoms with E-state index in [1.54, 1.807) is 53.8 Å². The van der Waals surface area contributed by atoms with Gasteiger partial charge in [0.15, 0.2) is 5.43 Å². The zero-order valence-corrected chi connectivity index (χ0v) is 15.4. The van der Waals surface area contributed by atoms with Gasteiger partial charge in [0.05, 0.1) is 7.11 Å². The average molecular weight is 376 g/mol. The number of rotatable bonds is 2. The second kappa shape index (κ2) is 8.38. The van der Waals surface area contributed by atoms with Crippen LogP contribution in [0.5, 0.6) is 0 Å². The third kappa shape index (κ3) is 4.46. The van der Waals surface area contributed by atoms with Crippen molar-refractivity contribution < 1.29 is 14.3 Å². The zero-order valence-electron chi connectivity index (χ0n) is 14.5. The van der Waals surface area contributed by atoms with Crippen molar-refractivity contribution in [3.05, 3.63) is 94.6 Å². The highest BCUT2D eigenvalue weighted by molar-refractivity contribution is 7.21. The highest BCUT2D eigenvalue weighted by Gasteiger charge is 2.15. The van der Waals surface area contributed by atoms with Crippen molar-refractivity contribution in [2.45, 2.75) is 0 Å². The van der Waals surface area contributed by atoms with Gasteiger partial charge in [0.25, 0.3) is 5.78 Å². The summed E-state index contributed by atoms with van der Waals surface area (Å²) in [6, 6.07) is 23.8. The molecule has 2 aromatic rings. The third-order valence-corrected chi connectivity index (χ3v) is 5.01. The molecule has 0 amide bonds. The topological polar surface area (TPSA) is 60.4 Å². The SMILES string of the molecule is COC(=O)C(=O)c1ccccc1.O=c1ccc2cc3ccccc3sc-2c1.